The summed E-state index contributed by atoms with van der Waals surface area (Å²) >= 11 is 0. The molecule has 0 bridgehead atoms. The first-order valence-electron chi connectivity index (χ1n) is 8.51. The highest BCUT2D eigenvalue weighted by Crippen LogP contribution is 2.25. The molecule has 3 heterocycles. The van der Waals surface area contributed by atoms with Gasteiger partial charge in [0.15, 0.2) is 5.76 Å². The lowest BCUT2D eigenvalue weighted by atomic mass is 10.1. The topological polar surface area (TPSA) is 73.8 Å². The number of ketones is 1. The third-order valence-electron chi connectivity index (χ3n) is 4.20. The number of carbonyl (C=O) groups excluding carboxylic acids is 2. The fourth-order valence-electron chi connectivity index (χ4n) is 2.94. The molecule has 6 heteroatoms. The molecule has 4 aromatic rings. The van der Waals surface area contributed by atoms with E-state index in [-0.39, 0.29) is 12.4 Å². The maximum Gasteiger partial charge on any atom is 0.340 e. The van der Waals surface area contributed by atoms with Crippen molar-refractivity contribution in [3.63, 3.8) is 0 Å². The minimum atomic E-state index is -0.487. The summed E-state index contributed by atoms with van der Waals surface area (Å²) in [4.78, 5) is 29.8. The molecule has 134 valence electrons. The first-order chi connectivity index (χ1) is 13.2. The number of nitrogens with zero attached hydrogens (tertiary/aromatic N) is 2. The summed E-state index contributed by atoms with van der Waals surface area (Å²) < 4.78 is 12.1. The lowest BCUT2D eigenvalue weighted by molar-refractivity contribution is 0.0529. The molecule has 3 aromatic heterocycles. The van der Waals surface area contributed by atoms with E-state index in [1.54, 1.807) is 66.1 Å². The summed E-state index contributed by atoms with van der Waals surface area (Å²) in [6.45, 7) is 1.98. The van der Waals surface area contributed by atoms with Gasteiger partial charge in [-0.15, -0.1) is 0 Å². The third kappa shape index (κ3) is 3.01. The van der Waals surface area contributed by atoms with E-state index >= 15 is 0 Å². The SMILES string of the molecule is CCOC(=O)c1cc(C(=O)c2ccccc2)n2cnc(-c3ccco3)cc12. The lowest BCUT2D eigenvalue weighted by Crippen LogP contribution is -2.05. The Bertz CT molecular complexity index is 1110. The Balaban J connectivity index is 1.90. The quantitative estimate of drug-likeness (QED) is 0.397. The Morgan fingerprint density at radius 2 is 1.93 bits per heavy atom. The Kier molecular flexibility index (Phi) is 4.30. The summed E-state index contributed by atoms with van der Waals surface area (Å²) in [5.74, 6) is -0.114. The van der Waals surface area contributed by atoms with Crippen LogP contribution in [0.1, 0.15) is 33.3 Å². The molecule has 0 aliphatic carbocycles. The molecule has 0 aliphatic heterocycles. The van der Waals surface area contributed by atoms with Crippen molar-refractivity contribution in [2.45, 2.75) is 6.92 Å². The van der Waals surface area contributed by atoms with Crippen LogP contribution in [-0.4, -0.2) is 27.7 Å². The van der Waals surface area contributed by atoms with E-state index in [0.29, 0.717) is 33.8 Å². The number of hydrogen-bond donors (Lipinski definition) is 0. The number of rotatable bonds is 5. The number of furan rings is 1. The van der Waals surface area contributed by atoms with Crippen LogP contribution in [0.25, 0.3) is 17.0 Å². The predicted octanol–water partition coefficient (Wildman–Crippen LogP) is 4.00. The van der Waals surface area contributed by atoms with Gasteiger partial charge in [-0.05, 0) is 31.2 Å². The number of esters is 1. The van der Waals surface area contributed by atoms with Gasteiger partial charge in [-0.2, -0.15) is 0 Å². The van der Waals surface area contributed by atoms with Gasteiger partial charge in [0.25, 0.3) is 0 Å². The lowest BCUT2D eigenvalue weighted by Gasteiger charge is -2.04. The first-order valence-corrected chi connectivity index (χ1v) is 8.51. The normalized spacial score (nSPS) is 10.9. The van der Waals surface area contributed by atoms with Crippen LogP contribution in [0.4, 0.5) is 0 Å². The highest BCUT2D eigenvalue weighted by molar-refractivity contribution is 6.11. The standard InChI is InChI=1S/C21H16N2O4/c1-2-26-21(25)15-11-18(20(24)14-7-4-3-5-8-14)23-13-22-16(12-17(15)23)19-9-6-10-27-19/h3-13H,2H2,1H3. The van der Waals surface area contributed by atoms with Gasteiger partial charge < -0.3 is 9.15 Å². The van der Waals surface area contributed by atoms with Crippen LogP contribution in [0.15, 0.2) is 71.6 Å². The van der Waals surface area contributed by atoms with Crippen LogP contribution in [0, 0.1) is 0 Å². The van der Waals surface area contributed by atoms with Gasteiger partial charge in [-0.1, -0.05) is 30.3 Å². The average Bonchev–Trinajstić information content (AvgIpc) is 3.36. The fourth-order valence-corrected chi connectivity index (χ4v) is 2.94. The van der Waals surface area contributed by atoms with Gasteiger partial charge in [0.1, 0.15) is 12.0 Å². The Hall–Kier alpha value is -3.67. The van der Waals surface area contributed by atoms with Gasteiger partial charge in [0, 0.05) is 5.56 Å². The zero-order valence-corrected chi connectivity index (χ0v) is 14.6. The van der Waals surface area contributed by atoms with Crippen LogP contribution in [-0.2, 0) is 4.74 Å². The monoisotopic (exact) mass is 360 g/mol. The smallest absolute Gasteiger partial charge is 0.340 e. The minimum Gasteiger partial charge on any atom is -0.463 e. The van der Waals surface area contributed by atoms with Crippen LogP contribution in [0.3, 0.4) is 0 Å². The Morgan fingerprint density at radius 1 is 1.11 bits per heavy atom. The number of aromatic nitrogens is 2. The van der Waals surface area contributed by atoms with E-state index in [9.17, 15) is 9.59 Å². The van der Waals surface area contributed by atoms with E-state index in [2.05, 4.69) is 4.98 Å². The summed E-state index contributed by atoms with van der Waals surface area (Å²) in [5.41, 5.74) is 2.29. The zero-order chi connectivity index (χ0) is 18.8. The molecule has 0 saturated heterocycles. The molecule has 0 saturated carbocycles. The van der Waals surface area contributed by atoms with Crippen molar-refractivity contribution in [1.82, 2.24) is 9.38 Å². The van der Waals surface area contributed by atoms with E-state index in [1.165, 1.54) is 6.33 Å². The third-order valence-corrected chi connectivity index (χ3v) is 4.20. The predicted molar refractivity (Wildman–Crippen MR) is 98.7 cm³/mol. The van der Waals surface area contributed by atoms with E-state index in [1.807, 2.05) is 6.07 Å². The highest BCUT2D eigenvalue weighted by atomic mass is 16.5. The molecule has 4 rings (SSSR count). The van der Waals surface area contributed by atoms with Crippen molar-refractivity contribution in [1.29, 1.82) is 0 Å². The number of benzene rings is 1. The van der Waals surface area contributed by atoms with Crippen molar-refractivity contribution < 1.29 is 18.7 Å². The zero-order valence-electron chi connectivity index (χ0n) is 14.6. The van der Waals surface area contributed by atoms with Crippen molar-refractivity contribution in [2.24, 2.45) is 0 Å². The summed E-state index contributed by atoms with van der Waals surface area (Å²) in [6, 6.07) is 15.7. The summed E-state index contributed by atoms with van der Waals surface area (Å²) in [6.07, 6.45) is 3.07. The van der Waals surface area contributed by atoms with Crippen LogP contribution < -0.4 is 0 Å². The second kappa shape index (κ2) is 6.92. The van der Waals surface area contributed by atoms with Crippen LogP contribution in [0.5, 0.6) is 0 Å². The molecule has 0 atom stereocenters. The molecule has 0 fully saturated rings. The average molecular weight is 360 g/mol. The highest BCUT2D eigenvalue weighted by Gasteiger charge is 2.22. The molecular weight excluding hydrogens is 344 g/mol. The second-order valence-corrected chi connectivity index (χ2v) is 5.87. The number of fused-ring (bicyclic) bond motifs is 1. The second-order valence-electron chi connectivity index (χ2n) is 5.87. The van der Waals surface area contributed by atoms with Crippen molar-refractivity contribution in [2.75, 3.05) is 6.61 Å². The Morgan fingerprint density at radius 3 is 2.63 bits per heavy atom. The van der Waals surface area contributed by atoms with Gasteiger partial charge in [-0.25, -0.2) is 9.78 Å². The first kappa shape index (κ1) is 16.8. The molecule has 1 aromatic carbocycles. The minimum absolute atomic E-state index is 0.200. The number of ether oxygens (including phenoxy) is 1. The van der Waals surface area contributed by atoms with E-state index < -0.39 is 5.97 Å². The van der Waals surface area contributed by atoms with Crippen molar-refractivity contribution in [3.8, 4) is 11.5 Å². The summed E-state index contributed by atoms with van der Waals surface area (Å²) in [5, 5.41) is 0. The fraction of sp³-hybridized carbons (Fsp3) is 0.0952. The Labute approximate surface area is 155 Å². The molecular formula is C21H16N2O4. The largest absolute Gasteiger partial charge is 0.463 e. The van der Waals surface area contributed by atoms with Crippen molar-refractivity contribution in [3.05, 3.63) is 84.0 Å². The molecule has 0 spiro atoms. The molecule has 0 radical (unpaired) electrons. The molecule has 6 nitrogen and oxygen atoms in total. The van der Waals surface area contributed by atoms with Gasteiger partial charge >= 0.3 is 5.97 Å². The maximum absolute atomic E-state index is 12.9. The molecule has 0 amide bonds. The van der Waals surface area contributed by atoms with Crippen LogP contribution >= 0.6 is 0 Å². The van der Waals surface area contributed by atoms with Gasteiger partial charge in [0.05, 0.1) is 29.6 Å². The van der Waals surface area contributed by atoms with E-state index in [0.717, 1.165) is 0 Å². The van der Waals surface area contributed by atoms with E-state index in [4.69, 9.17) is 9.15 Å². The number of carbonyl (C=O) groups is 2. The van der Waals surface area contributed by atoms with Gasteiger partial charge in [-0.3, -0.25) is 9.20 Å². The maximum atomic E-state index is 12.9. The molecule has 0 aliphatic rings. The molecule has 0 unspecified atom stereocenters. The number of hydrogen-bond acceptors (Lipinski definition) is 5. The van der Waals surface area contributed by atoms with Gasteiger partial charge in [0.2, 0.25) is 5.78 Å². The van der Waals surface area contributed by atoms with Crippen molar-refractivity contribution >= 4 is 17.3 Å². The summed E-state index contributed by atoms with van der Waals surface area (Å²) in [7, 11) is 0. The molecule has 0 N–H and O–H groups in total. The molecule has 27 heavy (non-hydrogen) atoms. The van der Waals surface area contributed by atoms with Crippen LogP contribution in [0.2, 0.25) is 0 Å².